The van der Waals surface area contributed by atoms with E-state index in [0.29, 0.717) is 12.2 Å². The minimum atomic E-state index is -0.129. The van der Waals surface area contributed by atoms with Crippen molar-refractivity contribution < 1.29 is 4.79 Å². The molecular weight excluding hydrogens is 332 g/mol. The third-order valence-electron chi connectivity index (χ3n) is 4.77. The Kier molecular flexibility index (Phi) is 5.39. The molecule has 8 nitrogen and oxygen atoms in total. The topological polar surface area (TPSA) is 85.1 Å². The molecule has 2 aromatic rings. The molecule has 26 heavy (non-hydrogen) atoms. The van der Waals surface area contributed by atoms with Gasteiger partial charge in [-0.05, 0) is 45.2 Å². The summed E-state index contributed by atoms with van der Waals surface area (Å²) in [6.07, 6.45) is 4.79. The predicted octanol–water partition coefficient (Wildman–Crippen LogP) is 1.35. The number of piperidine rings is 1. The lowest BCUT2D eigenvalue weighted by atomic mass is 10.0. The van der Waals surface area contributed by atoms with Crippen LogP contribution in [-0.2, 0) is 7.05 Å². The van der Waals surface area contributed by atoms with Crippen molar-refractivity contribution in [1.29, 1.82) is 0 Å². The number of rotatable bonds is 5. The smallest absolute Gasteiger partial charge is 0.269 e. The van der Waals surface area contributed by atoms with Crippen LogP contribution in [0.4, 0.5) is 5.82 Å². The van der Waals surface area contributed by atoms with Gasteiger partial charge in [0, 0.05) is 38.4 Å². The number of nitrogens with zero attached hydrogens (tertiary/aromatic N) is 5. The average Bonchev–Trinajstić information content (AvgIpc) is 3.06. The second-order valence-corrected chi connectivity index (χ2v) is 6.96. The highest BCUT2D eigenvalue weighted by Gasteiger charge is 2.25. The fraction of sp³-hybridized carbons (Fsp3) is 0.556. The molecular formula is C18H26N6O2. The van der Waals surface area contributed by atoms with E-state index in [1.54, 1.807) is 36.1 Å². The highest BCUT2D eigenvalue weighted by molar-refractivity contribution is 5.92. The number of hydrogen-bond acceptors (Lipinski definition) is 5. The van der Waals surface area contributed by atoms with Gasteiger partial charge in [0.05, 0.1) is 6.04 Å². The summed E-state index contributed by atoms with van der Waals surface area (Å²) in [6, 6.07) is 5.22. The number of anilines is 1. The van der Waals surface area contributed by atoms with Crippen LogP contribution in [0.1, 0.15) is 49.6 Å². The van der Waals surface area contributed by atoms with E-state index in [-0.39, 0.29) is 23.6 Å². The van der Waals surface area contributed by atoms with Crippen LogP contribution < -0.4 is 15.8 Å². The highest BCUT2D eigenvalue weighted by atomic mass is 16.2. The summed E-state index contributed by atoms with van der Waals surface area (Å²) >= 11 is 0. The van der Waals surface area contributed by atoms with Gasteiger partial charge in [0.1, 0.15) is 11.5 Å². The van der Waals surface area contributed by atoms with Gasteiger partial charge in [-0.2, -0.15) is 10.2 Å². The standard InChI is InChI=1S/C18H26N6O2/c1-13(2)24-17(25)8-7-16(21-24)23-11-5-4-6-14(23)12-19-18(26)15-9-10-20-22(15)3/h7-10,13-14H,4-6,11-12H2,1-3H3,(H,19,26). The van der Waals surface area contributed by atoms with Crippen LogP contribution in [-0.4, -0.2) is 44.6 Å². The van der Waals surface area contributed by atoms with E-state index in [4.69, 9.17) is 0 Å². The lowest BCUT2D eigenvalue weighted by Crippen LogP contribution is -2.48. The number of hydrogen-bond donors (Lipinski definition) is 1. The van der Waals surface area contributed by atoms with Crippen molar-refractivity contribution in [2.75, 3.05) is 18.0 Å². The summed E-state index contributed by atoms with van der Waals surface area (Å²) < 4.78 is 3.07. The molecule has 1 aliphatic rings. The average molecular weight is 358 g/mol. The van der Waals surface area contributed by atoms with Gasteiger partial charge in [-0.15, -0.1) is 0 Å². The molecule has 0 spiro atoms. The molecule has 8 heteroatoms. The zero-order chi connectivity index (χ0) is 18.7. The molecule has 1 amide bonds. The zero-order valence-corrected chi connectivity index (χ0v) is 15.6. The van der Waals surface area contributed by atoms with E-state index in [0.717, 1.165) is 31.6 Å². The minimum absolute atomic E-state index is 0.00948. The Morgan fingerprint density at radius 1 is 1.31 bits per heavy atom. The first-order valence-electron chi connectivity index (χ1n) is 9.10. The van der Waals surface area contributed by atoms with Crippen LogP contribution in [0, 0.1) is 0 Å². The molecule has 3 rings (SSSR count). The van der Waals surface area contributed by atoms with E-state index in [9.17, 15) is 9.59 Å². The SMILES string of the molecule is CC(C)n1nc(N2CCCCC2CNC(=O)c2ccnn2C)ccc1=O. The van der Waals surface area contributed by atoms with Crippen molar-refractivity contribution in [1.82, 2.24) is 24.9 Å². The first-order valence-corrected chi connectivity index (χ1v) is 9.10. The monoisotopic (exact) mass is 358 g/mol. The fourth-order valence-corrected chi connectivity index (χ4v) is 3.35. The van der Waals surface area contributed by atoms with E-state index < -0.39 is 0 Å². The van der Waals surface area contributed by atoms with Gasteiger partial charge in [0.25, 0.3) is 11.5 Å². The van der Waals surface area contributed by atoms with Crippen molar-refractivity contribution >= 4 is 11.7 Å². The summed E-state index contributed by atoms with van der Waals surface area (Å²) in [4.78, 5) is 26.5. The Labute approximate surface area is 152 Å². The number of carbonyl (C=O) groups excluding carboxylic acids is 1. The summed E-state index contributed by atoms with van der Waals surface area (Å²) in [5, 5.41) is 11.6. The quantitative estimate of drug-likeness (QED) is 0.872. The largest absolute Gasteiger partial charge is 0.350 e. The number of aromatic nitrogens is 4. The second-order valence-electron chi connectivity index (χ2n) is 6.96. The predicted molar refractivity (Wildman–Crippen MR) is 99.4 cm³/mol. The molecule has 1 unspecified atom stereocenters. The molecule has 0 aromatic carbocycles. The van der Waals surface area contributed by atoms with Gasteiger partial charge in [-0.1, -0.05) is 0 Å². The number of amides is 1. The van der Waals surface area contributed by atoms with Gasteiger partial charge < -0.3 is 10.2 Å². The Morgan fingerprint density at radius 2 is 2.12 bits per heavy atom. The van der Waals surface area contributed by atoms with Crippen molar-refractivity contribution in [3.8, 4) is 0 Å². The zero-order valence-electron chi connectivity index (χ0n) is 15.6. The normalized spacial score (nSPS) is 17.5. The van der Waals surface area contributed by atoms with E-state index in [1.165, 1.54) is 4.68 Å². The molecule has 0 radical (unpaired) electrons. The van der Waals surface area contributed by atoms with Crippen LogP contribution >= 0.6 is 0 Å². The highest BCUT2D eigenvalue weighted by Crippen LogP contribution is 2.22. The second kappa shape index (κ2) is 7.72. The molecule has 0 saturated carbocycles. The fourth-order valence-electron chi connectivity index (χ4n) is 3.35. The molecule has 1 atom stereocenters. The van der Waals surface area contributed by atoms with E-state index in [1.807, 2.05) is 13.8 Å². The third-order valence-corrected chi connectivity index (χ3v) is 4.77. The Hall–Kier alpha value is -2.64. The van der Waals surface area contributed by atoms with E-state index in [2.05, 4.69) is 20.4 Å². The van der Waals surface area contributed by atoms with Crippen molar-refractivity contribution in [2.24, 2.45) is 7.05 Å². The molecule has 140 valence electrons. The number of aryl methyl sites for hydroxylation is 1. The maximum atomic E-state index is 12.3. The first kappa shape index (κ1) is 18.2. The van der Waals surface area contributed by atoms with Crippen molar-refractivity contribution in [2.45, 2.75) is 45.2 Å². The third kappa shape index (κ3) is 3.79. The summed E-state index contributed by atoms with van der Waals surface area (Å²) in [7, 11) is 1.75. The van der Waals surface area contributed by atoms with E-state index >= 15 is 0 Å². The van der Waals surface area contributed by atoms with Gasteiger partial charge in [0.2, 0.25) is 0 Å². The van der Waals surface area contributed by atoms with Crippen LogP contribution in [0.5, 0.6) is 0 Å². The molecule has 1 N–H and O–H groups in total. The Bertz CT molecular complexity index is 825. The molecule has 1 fully saturated rings. The van der Waals surface area contributed by atoms with Crippen LogP contribution in [0.25, 0.3) is 0 Å². The van der Waals surface area contributed by atoms with Crippen LogP contribution in [0.2, 0.25) is 0 Å². The molecule has 2 aromatic heterocycles. The lowest BCUT2D eigenvalue weighted by Gasteiger charge is -2.36. The lowest BCUT2D eigenvalue weighted by molar-refractivity contribution is 0.0940. The Balaban J connectivity index is 1.74. The van der Waals surface area contributed by atoms with Crippen LogP contribution in [0.15, 0.2) is 29.2 Å². The van der Waals surface area contributed by atoms with Gasteiger partial charge in [0.15, 0.2) is 0 Å². The maximum absolute atomic E-state index is 12.3. The van der Waals surface area contributed by atoms with Gasteiger partial charge in [-0.25, -0.2) is 4.68 Å². The minimum Gasteiger partial charge on any atom is -0.350 e. The maximum Gasteiger partial charge on any atom is 0.269 e. The molecule has 0 aliphatic carbocycles. The van der Waals surface area contributed by atoms with Crippen molar-refractivity contribution in [3.05, 3.63) is 40.4 Å². The summed E-state index contributed by atoms with van der Waals surface area (Å²) in [5.74, 6) is 0.661. The van der Waals surface area contributed by atoms with Crippen molar-refractivity contribution in [3.63, 3.8) is 0 Å². The first-order chi connectivity index (χ1) is 12.5. The summed E-state index contributed by atoms with van der Waals surface area (Å²) in [6.45, 7) is 5.29. The molecule has 1 saturated heterocycles. The molecule has 0 bridgehead atoms. The number of carbonyl (C=O) groups is 1. The summed E-state index contributed by atoms with van der Waals surface area (Å²) in [5.41, 5.74) is 0.445. The molecule has 1 aliphatic heterocycles. The van der Waals surface area contributed by atoms with Crippen LogP contribution in [0.3, 0.4) is 0 Å². The Morgan fingerprint density at radius 3 is 2.81 bits per heavy atom. The molecule has 3 heterocycles. The van der Waals surface area contributed by atoms with Gasteiger partial charge in [-0.3, -0.25) is 14.3 Å². The number of nitrogens with one attached hydrogen (secondary N) is 1. The van der Waals surface area contributed by atoms with Gasteiger partial charge >= 0.3 is 0 Å².